The van der Waals surface area contributed by atoms with E-state index in [4.69, 9.17) is 4.74 Å². The molecule has 146 valence electrons. The van der Waals surface area contributed by atoms with E-state index in [-0.39, 0.29) is 12.5 Å². The van der Waals surface area contributed by atoms with Crippen molar-refractivity contribution >= 4 is 23.2 Å². The van der Waals surface area contributed by atoms with Gasteiger partial charge in [-0.05, 0) is 35.6 Å². The molecule has 0 unspecified atom stereocenters. The van der Waals surface area contributed by atoms with Gasteiger partial charge in [0.1, 0.15) is 12.3 Å². The van der Waals surface area contributed by atoms with Gasteiger partial charge in [-0.3, -0.25) is 4.79 Å². The number of nitrogens with one attached hydrogen (secondary N) is 1. The lowest BCUT2D eigenvalue weighted by Gasteiger charge is -2.23. The number of aliphatic imine (C=N–C) groups is 1. The number of benzene rings is 1. The Kier molecular flexibility index (Phi) is 8.13. The molecule has 1 N–H and O–H groups in total. The lowest BCUT2D eigenvalue weighted by atomic mass is 10.2. The largest absolute Gasteiger partial charge is 0.497 e. The van der Waals surface area contributed by atoms with Crippen LogP contribution in [-0.2, 0) is 17.8 Å². The Morgan fingerprint density at radius 3 is 2.52 bits per heavy atom. The Hall–Kier alpha value is -2.54. The zero-order valence-electron chi connectivity index (χ0n) is 16.4. The van der Waals surface area contributed by atoms with Crippen LogP contribution in [0.2, 0.25) is 0 Å². The second-order valence-corrected chi connectivity index (χ2v) is 7.42. The van der Waals surface area contributed by atoms with E-state index in [2.05, 4.69) is 27.8 Å². The number of amides is 1. The highest BCUT2D eigenvalue weighted by molar-refractivity contribution is 7.09. The van der Waals surface area contributed by atoms with Crippen LogP contribution in [0.4, 0.5) is 0 Å². The number of carbonyl (C=O) groups excluding carboxylic acids is 1. The van der Waals surface area contributed by atoms with Crippen LogP contribution in [0.5, 0.6) is 5.75 Å². The molecular weight excluding hydrogens is 360 g/mol. The number of hydrogen-bond acceptors (Lipinski definition) is 4. The van der Waals surface area contributed by atoms with Gasteiger partial charge in [-0.25, -0.2) is 4.99 Å². The summed E-state index contributed by atoms with van der Waals surface area (Å²) in [5.41, 5.74) is 1.14. The van der Waals surface area contributed by atoms with Crippen molar-refractivity contribution in [2.45, 2.75) is 13.0 Å². The van der Waals surface area contributed by atoms with Gasteiger partial charge in [0.15, 0.2) is 5.96 Å². The number of rotatable bonds is 8. The molecule has 0 aliphatic rings. The average Bonchev–Trinajstić information content (AvgIpc) is 3.18. The van der Waals surface area contributed by atoms with Crippen molar-refractivity contribution in [3.05, 3.63) is 52.2 Å². The van der Waals surface area contributed by atoms with Gasteiger partial charge in [0.2, 0.25) is 5.91 Å². The Labute approximate surface area is 165 Å². The number of thiophene rings is 1. The van der Waals surface area contributed by atoms with Crippen molar-refractivity contribution in [3.8, 4) is 5.75 Å². The number of guanidine groups is 1. The Balaban J connectivity index is 2.01. The second kappa shape index (κ2) is 10.6. The Morgan fingerprint density at radius 1 is 1.19 bits per heavy atom. The maximum absolute atomic E-state index is 11.9. The Morgan fingerprint density at radius 2 is 1.93 bits per heavy atom. The molecule has 6 nitrogen and oxygen atoms in total. The van der Waals surface area contributed by atoms with Gasteiger partial charge < -0.3 is 19.9 Å². The van der Waals surface area contributed by atoms with Gasteiger partial charge in [-0.1, -0.05) is 18.2 Å². The first-order valence-electron chi connectivity index (χ1n) is 8.84. The number of hydrogen-bond donors (Lipinski definition) is 1. The quantitative estimate of drug-likeness (QED) is 0.558. The molecule has 1 heterocycles. The first-order valence-corrected chi connectivity index (χ1v) is 9.72. The maximum Gasteiger partial charge on any atom is 0.243 e. The molecule has 1 aromatic heterocycles. The zero-order valence-corrected chi connectivity index (χ0v) is 17.3. The first-order chi connectivity index (χ1) is 13.0. The number of likely N-dealkylation sites (N-methyl/N-ethyl adjacent to an activating group) is 1. The summed E-state index contributed by atoms with van der Waals surface area (Å²) >= 11 is 1.75. The smallest absolute Gasteiger partial charge is 0.243 e. The third-order valence-corrected chi connectivity index (χ3v) is 4.97. The summed E-state index contributed by atoms with van der Waals surface area (Å²) in [6.45, 7) is 1.58. The molecule has 0 aliphatic heterocycles. The van der Waals surface area contributed by atoms with Crippen LogP contribution in [0.15, 0.2) is 46.8 Å². The molecule has 0 bridgehead atoms. The highest BCUT2D eigenvalue weighted by Crippen LogP contribution is 2.13. The predicted molar refractivity (Wildman–Crippen MR) is 111 cm³/mol. The average molecular weight is 389 g/mol. The van der Waals surface area contributed by atoms with Gasteiger partial charge in [-0.15, -0.1) is 11.3 Å². The van der Waals surface area contributed by atoms with Gasteiger partial charge >= 0.3 is 0 Å². The molecule has 0 atom stereocenters. The molecular formula is C20H28N4O2S. The number of ether oxygens (including phenoxy) is 1. The Bertz CT molecular complexity index is 727. The van der Waals surface area contributed by atoms with Crippen molar-refractivity contribution < 1.29 is 9.53 Å². The minimum Gasteiger partial charge on any atom is -0.497 e. The normalized spacial score (nSPS) is 11.2. The van der Waals surface area contributed by atoms with Crippen LogP contribution in [0.3, 0.4) is 0 Å². The van der Waals surface area contributed by atoms with Crippen LogP contribution < -0.4 is 10.1 Å². The lowest BCUT2D eigenvalue weighted by molar-refractivity contribution is -0.127. The fourth-order valence-corrected chi connectivity index (χ4v) is 3.14. The van der Waals surface area contributed by atoms with Crippen molar-refractivity contribution in [1.29, 1.82) is 0 Å². The second-order valence-electron chi connectivity index (χ2n) is 6.39. The summed E-state index contributed by atoms with van der Waals surface area (Å²) in [4.78, 5) is 21.3. The summed E-state index contributed by atoms with van der Waals surface area (Å²) in [6, 6.07) is 12.1. The molecule has 0 spiro atoms. The summed E-state index contributed by atoms with van der Waals surface area (Å²) in [6.07, 6.45) is 0.925. The first kappa shape index (κ1) is 20.8. The third-order valence-electron chi connectivity index (χ3n) is 4.04. The van der Waals surface area contributed by atoms with Crippen LogP contribution in [-0.4, -0.2) is 63.0 Å². The fraction of sp³-hybridized carbons (Fsp3) is 0.400. The molecule has 0 saturated carbocycles. The number of carbonyl (C=O) groups is 1. The molecule has 27 heavy (non-hydrogen) atoms. The zero-order chi connectivity index (χ0) is 19.6. The fourth-order valence-electron chi connectivity index (χ4n) is 2.43. The van der Waals surface area contributed by atoms with Crippen LogP contribution >= 0.6 is 11.3 Å². The van der Waals surface area contributed by atoms with Gasteiger partial charge in [0.25, 0.3) is 0 Å². The molecule has 1 amide bonds. The van der Waals surface area contributed by atoms with E-state index in [0.29, 0.717) is 6.54 Å². The van der Waals surface area contributed by atoms with Gasteiger partial charge in [-0.2, -0.15) is 0 Å². The molecule has 7 heteroatoms. The van der Waals surface area contributed by atoms with E-state index < -0.39 is 0 Å². The monoisotopic (exact) mass is 388 g/mol. The topological polar surface area (TPSA) is 57.2 Å². The molecule has 0 aliphatic carbocycles. The molecule has 2 rings (SSSR count). The van der Waals surface area contributed by atoms with E-state index in [9.17, 15) is 4.79 Å². The summed E-state index contributed by atoms with van der Waals surface area (Å²) in [5.74, 6) is 1.53. The molecule has 0 fully saturated rings. The predicted octanol–water partition coefficient (Wildman–Crippen LogP) is 2.47. The van der Waals surface area contributed by atoms with E-state index in [1.54, 1.807) is 37.4 Å². The SMILES string of the molecule is COc1ccc(CN(C)C(=NCC(=O)N(C)C)NCCc2cccs2)cc1. The molecule has 0 saturated heterocycles. The van der Waals surface area contributed by atoms with E-state index in [1.165, 1.54) is 4.88 Å². The van der Waals surface area contributed by atoms with E-state index >= 15 is 0 Å². The van der Waals surface area contributed by atoms with Crippen molar-refractivity contribution in [1.82, 2.24) is 15.1 Å². The van der Waals surface area contributed by atoms with Crippen LogP contribution in [0.1, 0.15) is 10.4 Å². The van der Waals surface area contributed by atoms with Gasteiger partial charge in [0.05, 0.1) is 7.11 Å². The summed E-state index contributed by atoms with van der Waals surface area (Å²) in [7, 11) is 7.11. The highest BCUT2D eigenvalue weighted by atomic mass is 32.1. The van der Waals surface area contributed by atoms with E-state index in [1.807, 2.05) is 36.2 Å². The number of methoxy groups -OCH3 is 1. The highest BCUT2D eigenvalue weighted by Gasteiger charge is 2.10. The molecule has 2 aromatic rings. The lowest BCUT2D eigenvalue weighted by Crippen LogP contribution is -2.40. The standard InChI is InChI=1S/C20H28N4O2S/c1-23(2)19(25)14-22-20(21-12-11-18-6-5-13-27-18)24(3)15-16-7-9-17(26-4)10-8-16/h5-10,13H,11-12,14-15H2,1-4H3,(H,21,22). The minimum atomic E-state index is -0.0228. The van der Waals surface area contributed by atoms with Crippen LogP contribution in [0.25, 0.3) is 0 Å². The third kappa shape index (κ3) is 6.94. The van der Waals surface area contributed by atoms with Crippen LogP contribution in [0, 0.1) is 0 Å². The van der Waals surface area contributed by atoms with Gasteiger partial charge in [0, 0.05) is 39.1 Å². The van der Waals surface area contributed by atoms with Crippen molar-refractivity contribution in [2.24, 2.45) is 4.99 Å². The summed E-state index contributed by atoms with van der Waals surface area (Å²) < 4.78 is 5.21. The summed E-state index contributed by atoms with van der Waals surface area (Å²) in [5, 5.41) is 5.46. The number of nitrogens with zero attached hydrogens (tertiary/aromatic N) is 3. The maximum atomic E-state index is 11.9. The minimum absolute atomic E-state index is 0.0228. The van der Waals surface area contributed by atoms with Crippen molar-refractivity contribution in [2.75, 3.05) is 41.3 Å². The molecule has 1 aromatic carbocycles. The van der Waals surface area contributed by atoms with E-state index in [0.717, 1.165) is 30.2 Å². The molecule has 0 radical (unpaired) electrons. The van der Waals surface area contributed by atoms with Crippen molar-refractivity contribution in [3.63, 3.8) is 0 Å².